The Morgan fingerprint density at radius 3 is 2.30 bits per heavy atom. The Morgan fingerprint density at radius 2 is 2.20 bits per heavy atom. The van der Waals surface area contributed by atoms with E-state index in [1.165, 1.54) is 13.5 Å². The van der Waals surface area contributed by atoms with Gasteiger partial charge in [-0.25, -0.2) is 0 Å². The van der Waals surface area contributed by atoms with Crippen molar-refractivity contribution >= 4 is 14.9 Å². The van der Waals surface area contributed by atoms with Gasteiger partial charge in [-0.15, -0.1) is 0 Å². The van der Waals surface area contributed by atoms with Gasteiger partial charge in [-0.2, -0.15) is 0 Å². The zero-order valence-electron chi connectivity index (χ0n) is 7.25. The molecule has 54 valence electrons. The third-order valence-corrected chi connectivity index (χ3v) is 1.07. The van der Waals surface area contributed by atoms with Crippen molar-refractivity contribution < 1.29 is 49.8 Å². The topological polar surface area (TPSA) is 63.6 Å². The molecule has 0 amide bonds. The number of rotatable bonds is 2. The van der Waals surface area contributed by atoms with Crippen molar-refractivity contribution in [2.24, 2.45) is 0 Å². The molecule has 0 saturated heterocycles. The van der Waals surface area contributed by atoms with Gasteiger partial charge in [0, 0.05) is 6.55 Å². The van der Waals surface area contributed by atoms with Crippen molar-refractivity contribution in [3.05, 3.63) is 0 Å². The molecular formula is C4H9NaO4Si. The molecule has 0 spiro atoms. The predicted octanol–water partition coefficient (Wildman–Crippen LogP) is -3.42. The first-order valence-corrected chi connectivity index (χ1v) is 4.26. The maximum atomic E-state index is 10.3. The van der Waals surface area contributed by atoms with Gasteiger partial charge < -0.3 is 15.4 Å². The minimum atomic E-state index is -2.24. The Balaban J connectivity index is -0.000000320. The monoisotopic (exact) mass is 172 g/mol. The van der Waals surface area contributed by atoms with E-state index >= 15 is 0 Å². The van der Waals surface area contributed by atoms with Crippen molar-refractivity contribution in [1.82, 2.24) is 0 Å². The van der Waals surface area contributed by atoms with Crippen LogP contribution in [0.1, 0.15) is 8.35 Å². The van der Waals surface area contributed by atoms with E-state index in [4.69, 9.17) is 5.11 Å². The predicted molar refractivity (Wildman–Crippen MR) is 31.2 cm³/mol. The van der Waals surface area contributed by atoms with Gasteiger partial charge in [-0.1, -0.05) is 0 Å². The first-order chi connectivity index (χ1) is 4.04. The van der Waals surface area contributed by atoms with Gasteiger partial charge in [-0.3, -0.25) is 4.79 Å². The molecule has 0 radical (unpaired) electrons. The largest absolute Gasteiger partial charge is 1.00 e. The van der Waals surface area contributed by atoms with Crippen molar-refractivity contribution in [3.8, 4) is 0 Å². The molecule has 0 aromatic heterocycles. The van der Waals surface area contributed by atoms with Gasteiger partial charge in [0.1, 0.15) is 6.10 Å². The number of hydrogen-bond donors (Lipinski definition) is 1. The SMILES string of the molecule is CC(O)C(=O)O[Si](C)=O.[H-].[Na+]. The molecule has 0 rings (SSSR count). The minimum absolute atomic E-state index is 0. The van der Waals surface area contributed by atoms with Gasteiger partial charge in [0.25, 0.3) is 0 Å². The van der Waals surface area contributed by atoms with Crippen LogP contribution in [0.3, 0.4) is 0 Å². The average molecular weight is 172 g/mol. The van der Waals surface area contributed by atoms with Gasteiger partial charge in [0.15, 0.2) is 0 Å². The summed E-state index contributed by atoms with van der Waals surface area (Å²) < 4.78 is 14.4. The smallest absolute Gasteiger partial charge is 1.00 e. The Morgan fingerprint density at radius 1 is 1.80 bits per heavy atom. The second-order valence-corrected chi connectivity index (χ2v) is 2.78. The van der Waals surface area contributed by atoms with Crippen LogP contribution in [0.25, 0.3) is 0 Å². The number of aliphatic hydroxyl groups is 1. The summed E-state index contributed by atoms with van der Waals surface area (Å²) in [6.07, 6.45) is -1.18. The third-order valence-electron chi connectivity index (χ3n) is 0.585. The molecule has 10 heavy (non-hydrogen) atoms. The quantitative estimate of drug-likeness (QED) is 0.440. The summed E-state index contributed by atoms with van der Waals surface area (Å²) in [5.41, 5.74) is 0. The van der Waals surface area contributed by atoms with Crippen LogP contribution in [0.4, 0.5) is 0 Å². The first-order valence-electron chi connectivity index (χ1n) is 2.44. The Bertz CT molecular complexity index is 140. The fourth-order valence-electron chi connectivity index (χ4n) is 0.227. The molecule has 0 aromatic rings. The van der Waals surface area contributed by atoms with Crippen LogP contribution >= 0.6 is 0 Å². The zero-order valence-corrected chi connectivity index (χ0v) is 9.25. The van der Waals surface area contributed by atoms with Crippen molar-refractivity contribution in [3.63, 3.8) is 0 Å². The number of carbonyl (C=O) groups excluding carboxylic acids is 1. The molecule has 6 heteroatoms. The number of aliphatic hydroxyl groups excluding tert-OH is 1. The van der Waals surface area contributed by atoms with E-state index in [0.29, 0.717) is 0 Å². The summed E-state index contributed by atoms with van der Waals surface area (Å²) in [7, 11) is -2.24. The van der Waals surface area contributed by atoms with Gasteiger partial charge in [0.05, 0.1) is 0 Å². The van der Waals surface area contributed by atoms with Crippen LogP contribution in [0.2, 0.25) is 6.55 Å². The zero-order chi connectivity index (χ0) is 7.44. The van der Waals surface area contributed by atoms with E-state index < -0.39 is 21.0 Å². The van der Waals surface area contributed by atoms with E-state index in [9.17, 15) is 9.26 Å². The minimum Gasteiger partial charge on any atom is -1.00 e. The van der Waals surface area contributed by atoms with Crippen LogP contribution in [-0.2, 0) is 13.7 Å². The molecule has 1 unspecified atom stereocenters. The number of hydrogen-bond acceptors (Lipinski definition) is 4. The summed E-state index contributed by atoms with van der Waals surface area (Å²) in [6, 6.07) is 0. The fourth-order valence-corrected chi connectivity index (χ4v) is 0.681. The molecular weight excluding hydrogens is 163 g/mol. The number of carbonyl (C=O) groups is 1. The second-order valence-electron chi connectivity index (χ2n) is 1.59. The molecule has 1 N–H and O–H groups in total. The molecule has 0 heterocycles. The molecule has 0 aliphatic heterocycles. The molecule has 0 fully saturated rings. The maximum Gasteiger partial charge on any atom is 1.00 e. The standard InChI is InChI=1S/C4H8O4Si.Na.H/c1-3(5)4(6)8-9(2)7;;/h3,5H,1-2H3;;/q;+1;-1. The van der Waals surface area contributed by atoms with Crippen LogP contribution in [0.15, 0.2) is 0 Å². The average Bonchev–Trinajstić information content (AvgIpc) is 1.63. The molecule has 0 aliphatic rings. The molecule has 0 saturated carbocycles. The molecule has 0 bridgehead atoms. The summed E-state index contributed by atoms with van der Waals surface area (Å²) in [5.74, 6) is -0.832. The van der Waals surface area contributed by atoms with E-state index in [1.54, 1.807) is 0 Å². The molecule has 4 nitrogen and oxygen atoms in total. The molecule has 0 aromatic carbocycles. The van der Waals surface area contributed by atoms with E-state index in [0.717, 1.165) is 0 Å². The van der Waals surface area contributed by atoms with Gasteiger partial charge in [0.2, 0.25) is 0 Å². The van der Waals surface area contributed by atoms with Crippen molar-refractivity contribution in [2.45, 2.75) is 19.6 Å². The summed E-state index contributed by atoms with van der Waals surface area (Å²) in [5, 5.41) is 8.47. The molecule has 0 aliphatic carbocycles. The van der Waals surface area contributed by atoms with Crippen molar-refractivity contribution in [1.29, 1.82) is 0 Å². The van der Waals surface area contributed by atoms with E-state index in [2.05, 4.69) is 4.43 Å². The maximum absolute atomic E-state index is 10.3. The first kappa shape index (κ1) is 13.1. The fraction of sp³-hybridized carbons (Fsp3) is 0.750. The Hall–Kier alpha value is 0.447. The molecule has 1 atom stereocenters. The summed E-state index contributed by atoms with van der Waals surface area (Å²) in [6.45, 7) is 2.54. The Kier molecular flexibility index (Phi) is 8.07. The van der Waals surface area contributed by atoms with E-state index in [-0.39, 0.29) is 31.0 Å². The normalized spacial score (nSPS) is 11.1. The van der Waals surface area contributed by atoms with Crippen LogP contribution in [-0.4, -0.2) is 26.1 Å². The van der Waals surface area contributed by atoms with Crippen LogP contribution in [0, 0.1) is 0 Å². The van der Waals surface area contributed by atoms with E-state index in [1.807, 2.05) is 0 Å². The Labute approximate surface area is 84.1 Å². The summed E-state index contributed by atoms with van der Waals surface area (Å²) in [4.78, 5) is 10.3. The second kappa shape index (κ2) is 6.18. The van der Waals surface area contributed by atoms with Gasteiger partial charge in [-0.05, 0) is 6.92 Å². The summed E-state index contributed by atoms with van der Waals surface area (Å²) >= 11 is 0. The van der Waals surface area contributed by atoms with Crippen molar-refractivity contribution in [2.75, 3.05) is 0 Å². The van der Waals surface area contributed by atoms with Crippen LogP contribution in [0.5, 0.6) is 0 Å². The third kappa shape index (κ3) is 6.57. The van der Waals surface area contributed by atoms with Gasteiger partial charge >= 0.3 is 44.5 Å². The van der Waals surface area contributed by atoms with Crippen LogP contribution < -0.4 is 29.6 Å².